The molecule has 0 aliphatic rings. The summed E-state index contributed by atoms with van der Waals surface area (Å²) >= 11 is 0. The summed E-state index contributed by atoms with van der Waals surface area (Å²) in [6, 6.07) is 29.7. The minimum absolute atomic E-state index is 0.621. The van der Waals surface area contributed by atoms with Gasteiger partial charge < -0.3 is 5.11 Å². The van der Waals surface area contributed by atoms with Gasteiger partial charge in [-0.15, -0.1) is 0 Å². The molecule has 24 heavy (non-hydrogen) atoms. The van der Waals surface area contributed by atoms with Crippen LogP contribution in [0.1, 0.15) is 23.6 Å². The van der Waals surface area contributed by atoms with Gasteiger partial charge in [-0.2, -0.15) is 0 Å². The Hall–Kier alpha value is -2.87. The Morgan fingerprint density at radius 1 is 0.708 bits per heavy atom. The van der Waals surface area contributed by atoms with Crippen LogP contribution in [0.4, 0.5) is 0 Å². The van der Waals surface area contributed by atoms with Crippen LogP contribution in [0, 0.1) is 5.92 Å². The van der Waals surface area contributed by atoms with E-state index in [0.29, 0.717) is 0 Å². The van der Waals surface area contributed by atoms with Crippen LogP contribution in [-0.4, -0.2) is 11.1 Å². The summed E-state index contributed by atoms with van der Waals surface area (Å²) in [7, 11) is 0. The summed E-state index contributed by atoms with van der Waals surface area (Å²) in [6.07, 6.45) is 0. The average molecular weight is 316 g/mol. The molecule has 3 aromatic carbocycles. The van der Waals surface area contributed by atoms with Crippen molar-refractivity contribution < 1.29 is 9.90 Å². The van der Waals surface area contributed by atoms with Gasteiger partial charge in [-0.05, 0) is 16.7 Å². The van der Waals surface area contributed by atoms with Crippen LogP contribution in [0.3, 0.4) is 0 Å². The lowest BCUT2D eigenvalue weighted by molar-refractivity contribution is -0.142. The molecular weight excluding hydrogens is 296 g/mol. The standard InChI is InChI=1S/C22H20O2/c1-17(21(23)24)22(18-11-5-2-6-12-18,19-13-7-3-8-14-19)20-15-9-4-10-16-20/h2-17H,1H3,(H,23,24). The normalized spacial score (nSPS) is 12.5. The lowest BCUT2D eigenvalue weighted by atomic mass is 9.62. The maximum atomic E-state index is 12.1. The summed E-state index contributed by atoms with van der Waals surface area (Å²) in [4.78, 5) is 12.1. The first-order chi connectivity index (χ1) is 11.7. The first-order valence-electron chi connectivity index (χ1n) is 8.06. The molecular formula is C22H20O2. The van der Waals surface area contributed by atoms with E-state index in [1.165, 1.54) is 0 Å². The third-order valence-electron chi connectivity index (χ3n) is 4.71. The van der Waals surface area contributed by atoms with Gasteiger partial charge in [0.05, 0.1) is 11.3 Å². The lowest BCUT2D eigenvalue weighted by Crippen LogP contribution is -2.40. The van der Waals surface area contributed by atoms with Gasteiger partial charge in [-0.1, -0.05) is 97.9 Å². The van der Waals surface area contributed by atoms with Crippen molar-refractivity contribution in [3.05, 3.63) is 108 Å². The fourth-order valence-electron chi connectivity index (χ4n) is 3.54. The third kappa shape index (κ3) is 2.61. The van der Waals surface area contributed by atoms with Gasteiger partial charge in [0.15, 0.2) is 0 Å². The molecule has 2 nitrogen and oxygen atoms in total. The summed E-state index contributed by atoms with van der Waals surface area (Å²) in [5.74, 6) is -1.43. The maximum absolute atomic E-state index is 12.1. The maximum Gasteiger partial charge on any atom is 0.307 e. The van der Waals surface area contributed by atoms with E-state index in [1.54, 1.807) is 6.92 Å². The first-order valence-corrected chi connectivity index (χ1v) is 8.06. The van der Waals surface area contributed by atoms with Crippen LogP contribution in [0.15, 0.2) is 91.0 Å². The van der Waals surface area contributed by atoms with E-state index >= 15 is 0 Å². The van der Waals surface area contributed by atoms with Crippen molar-refractivity contribution in [1.29, 1.82) is 0 Å². The number of hydrogen-bond donors (Lipinski definition) is 1. The quantitative estimate of drug-likeness (QED) is 0.690. The molecule has 0 spiro atoms. The minimum Gasteiger partial charge on any atom is -0.481 e. The Morgan fingerprint density at radius 2 is 1.00 bits per heavy atom. The molecule has 0 heterocycles. The number of aliphatic carboxylic acids is 1. The average Bonchev–Trinajstić information content (AvgIpc) is 2.65. The molecule has 0 saturated heterocycles. The molecule has 1 unspecified atom stereocenters. The van der Waals surface area contributed by atoms with Crippen molar-refractivity contribution in [3.63, 3.8) is 0 Å². The zero-order valence-corrected chi connectivity index (χ0v) is 13.6. The van der Waals surface area contributed by atoms with Crippen molar-refractivity contribution >= 4 is 5.97 Å². The van der Waals surface area contributed by atoms with Crippen molar-refractivity contribution in [2.45, 2.75) is 12.3 Å². The Kier molecular flexibility index (Phi) is 4.48. The van der Waals surface area contributed by atoms with E-state index < -0.39 is 17.3 Å². The predicted molar refractivity (Wildman–Crippen MR) is 96.0 cm³/mol. The molecule has 0 fully saturated rings. The molecule has 0 aliphatic heterocycles. The van der Waals surface area contributed by atoms with E-state index in [1.807, 2.05) is 91.0 Å². The van der Waals surface area contributed by atoms with Gasteiger partial charge in [-0.25, -0.2) is 0 Å². The Morgan fingerprint density at radius 3 is 1.25 bits per heavy atom. The summed E-state index contributed by atoms with van der Waals surface area (Å²) in [5, 5.41) is 9.90. The molecule has 3 rings (SSSR count). The van der Waals surface area contributed by atoms with Crippen LogP contribution in [0.5, 0.6) is 0 Å². The molecule has 2 heteroatoms. The molecule has 0 aromatic heterocycles. The molecule has 0 radical (unpaired) electrons. The molecule has 120 valence electrons. The Labute approximate surface area is 142 Å². The smallest absolute Gasteiger partial charge is 0.307 e. The fraction of sp³-hybridized carbons (Fsp3) is 0.136. The number of carbonyl (C=O) groups is 1. The number of benzene rings is 3. The van der Waals surface area contributed by atoms with Crippen LogP contribution in [-0.2, 0) is 10.2 Å². The van der Waals surface area contributed by atoms with E-state index in [0.717, 1.165) is 16.7 Å². The van der Waals surface area contributed by atoms with Crippen LogP contribution in [0.2, 0.25) is 0 Å². The van der Waals surface area contributed by atoms with Gasteiger partial charge in [0.2, 0.25) is 0 Å². The number of carboxylic acids is 1. The zero-order valence-electron chi connectivity index (χ0n) is 13.6. The molecule has 0 bridgehead atoms. The SMILES string of the molecule is CC(C(=O)O)C(c1ccccc1)(c1ccccc1)c1ccccc1. The highest BCUT2D eigenvalue weighted by Crippen LogP contribution is 2.45. The second-order valence-electron chi connectivity index (χ2n) is 5.97. The van der Waals surface area contributed by atoms with E-state index in [4.69, 9.17) is 0 Å². The van der Waals surface area contributed by atoms with Gasteiger partial charge in [-0.3, -0.25) is 4.79 Å². The largest absolute Gasteiger partial charge is 0.481 e. The van der Waals surface area contributed by atoms with Crippen LogP contribution >= 0.6 is 0 Å². The molecule has 1 N–H and O–H groups in total. The fourth-order valence-corrected chi connectivity index (χ4v) is 3.54. The number of carboxylic acid groups (broad SMARTS) is 1. The van der Waals surface area contributed by atoms with Crippen molar-refractivity contribution in [3.8, 4) is 0 Å². The highest BCUT2D eigenvalue weighted by Gasteiger charge is 2.44. The summed E-state index contributed by atoms with van der Waals surface area (Å²) in [6.45, 7) is 1.79. The van der Waals surface area contributed by atoms with E-state index in [9.17, 15) is 9.90 Å². The van der Waals surface area contributed by atoms with Crippen LogP contribution < -0.4 is 0 Å². The van der Waals surface area contributed by atoms with Gasteiger partial charge in [0, 0.05) is 0 Å². The van der Waals surface area contributed by atoms with E-state index in [2.05, 4.69) is 0 Å². The molecule has 0 aliphatic carbocycles. The monoisotopic (exact) mass is 316 g/mol. The number of rotatable bonds is 5. The van der Waals surface area contributed by atoms with Crippen molar-refractivity contribution in [2.75, 3.05) is 0 Å². The van der Waals surface area contributed by atoms with Crippen molar-refractivity contribution in [1.82, 2.24) is 0 Å². The second-order valence-corrected chi connectivity index (χ2v) is 5.97. The van der Waals surface area contributed by atoms with Gasteiger partial charge >= 0.3 is 5.97 Å². The highest BCUT2D eigenvalue weighted by atomic mass is 16.4. The summed E-state index contributed by atoms with van der Waals surface area (Å²) < 4.78 is 0. The molecule has 0 saturated carbocycles. The second kappa shape index (κ2) is 6.71. The Balaban J connectivity index is 2.39. The van der Waals surface area contributed by atoms with Gasteiger partial charge in [0.1, 0.15) is 0 Å². The third-order valence-corrected chi connectivity index (χ3v) is 4.71. The van der Waals surface area contributed by atoms with Gasteiger partial charge in [0.25, 0.3) is 0 Å². The zero-order chi connectivity index (χ0) is 17.0. The highest BCUT2D eigenvalue weighted by molar-refractivity contribution is 5.75. The Bertz CT molecular complexity index is 698. The van der Waals surface area contributed by atoms with Crippen molar-refractivity contribution in [2.24, 2.45) is 5.92 Å². The summed E-state index contributed by atoms with van der Waals surface area (Å²) in [5.41, 5.74) is 2.21. The topological polar surface area (TPSA) is 37.3 Å². The lowest BCUT2D eigenvalue weighted by Gasteiger charge is -2.39. The van der Waals surface area contributed by atoms with Crippen LogP contribution in [0.25, 0.3) is 0 Å². The number of hydrogen-bond acceptors (Lipinski definition) is 1. The minimum atomic E-state index is -0.813. The first kappa shape index (κ1) is 16.0. The van der Waals surface area contributed by atoms with E-state index in [-0.39, 0.29) is 0 Å². The molecule has 0 amide bonds. The predicted octanol–water partition coefficient (Wildman–Crippen LogP) is 4.74. The molecule has 3 aromatic rings. The molecule has 1 atom stereocenters.